The van der Waals surface area contributed by atoms with E-state index in [1.807, 2.05) is 13.8 Å². The van der Waals surface area contributed by atoms with Crippen LogP contribution in [0.15, 0.2) is 12.4 Å². The molecule has 66 valence electrons. The topological polar surface area (TPSA) is 75.5 Å². The van der Waals surface area contributed by atoms with Gasteiger partial charge >= 0.3 is 0 Å². The van der Waals surface area contributed by atoms with Gasteiger partial charge in [0.05, 0.1) is 5.54 Å². The third kappa shape index (κ3) is 3.25. The Labute approximate surface area is 67.4 Å². The van der Waals surface area contributed by atoms with Gasteiger partial charge in [0.2, 0.25) is 0 Å². The Hall–Kier alpha value is -0.740. The summed E-state index contributed by atoms with van der Waals surface area (Å²) in [6.45, 7) is 3.99. The summed E-state index contributed by atoms with van der Waals surface area (Å²) in [5.41, 5.74) is 4.91. The van der Waals surface area contributed by atoms with E-state index in [0.717, 1.165) is 0 Å². The van der Waals surface area contributed by atoms with E-state index in [-0.39, 0.29) is 12.1 Å². The van der Waals surface area contributed by atoms with E-state index in [0.29, 0.717) is 6.42 Å². The van der Waals surface area contributed by atoms with Crippen LogP contribution in [0.5, 0.6) is 0 Å². The molecule has 0 rings (SSSR count). The van der Waals surface area contributed by atoms with Gasteiger partial charge in [0.25, 0.3) is 0 Å². The third-order valence-electron chi connectivity index (χ3n) is 1.67. The number of hydrogen-bond donors (Lipinski definition) is 3. The van der Waals surface area contributed by atoms with Crippen LogP contribution in [0.2, 0.25) is 0 Å². The van der Waals surface area contributed by atoms with Gasteiger partial charge in [0.15, 0.2) is 0 Å². The Balaban J connectivity index is 4.04. The number of nitrogens with two attached hydrogens (primary N) is 2. The fourth-order valence-electron chi connectivity index (χ4n) is 0.697. The molecule has 0 aliphatic rings. The molecule has 0 aliphatic carbocycles. The highest BCUT2D eigenvalue weighted by Gasteiger charge is 2.20. The fraction of sp³-hybridized carbons (Fsp3) is 0.714. The normalized spacial score (nSPS) is 12.4. The zero-order valence-electron chi connectivity index (χ0n) is 7.12. The van der Waals surface area contributed by atoms with Crippen LogP contribution >= 0.6 is 0 Å². The van der Waals surface area contributed by atoms with Crippen molar-refractivity contribution in [3.05, 3.63) is 12.4 Å². The predicted molar refractivity (Wildman–Crippen MR) is 45.1 cm³/mol. The molecular formula is C7H17N3O. The minimum atomic E-state index is -0.245. The monoisotopic (exact) mass is 159 g/mol. The van der Waals surface area contributed by atoms with Gasteiger partial charge < -0.3 is 15.8 Å². The lowest BCUT2D eigenvalue weighted by Gasteiger charge is -2.33. The van der Waals surface area contributed by atoms with Crippen molar-refractivity contribution >= 4 is 0 Å². The molecule has 0 atom stereocenters. The first-order valence-electron chi connectivity index (χ1n) is 3.58. The molecule has 0 amide bonds. The summed E-state index contributed by atoms with van der Waals surface area (Å²) in [7, 11) is 0. The lowest BCUT2D eigenvalue weighted by atomic mass is 10.0. The molecule has 0 aliphatic heterocycles. The number of hydrazine groups is 1. The number of hydrogen-bond acceptors (Lipinski definition) is 4. The van der Waals surface area contributed by atoms with Gasteiger partial charge in [-0.3, -0.25) is 0 Å². The molecule has 0 spiro atoms. The van der Waals surface area contributed by atoms with Crippen molar-refractivity contribution < 1.29 is 5.11 Å². The Kier molecular flexibility index (Phi) is 3.92. The van der Waals surface area contributed by atoms with E-state index in [1.165, 1.54) is 11.2 Å². The van der Waals surface area contributed by atoms with Crippen LogP contribution in [0, 0.1) is 0 Å². The summed E-state index contributed by atoms with van der Waals surface area (Å²) in [4.78, 5) is 0. The summed E-state index contributed by atoms with van der Waals surface area (Å²) in [6, 6.07) is 0. The second kappa shape index (κ2) is 4.20. The Morgan fingerprint density at radius 3 is 2.45 bits per heavy atom. The average molecular weight is 159 g/mol. The second-order valence-corrected chi connectivity index (χ2v) is 3.03. The molecule has 0 unspecified atom stereocenters. The molecule has 0 fully saturated rings. The Morgan fingerprint density at radius 2 is 2.09 bits per heavy atom. The van der Waals surface area contributed by atoms with Crippen molar-refractivity contribution in [2.75, 3.05) is 6.61 Å². The molecule has 0 aromatic rings. The van der Waals surface area contributed by atoms with E-state index in [9.17, 15) is 0 Å². The van der Waals surface area contributed by atoms with E-state index < -0.39 is 0 Å². The summed E-state index contributed by atoms with van der Waals surface area (Å²) in [6.07, 6.45) is 3.57. The van der Waals surface area contributed by atoms with Crippen LogP contribution in [0.1, 0.15) is 20.3 Å². The lowest BCUT2D eigenvalue weighted by Crippen LogP contribution is -2.45. The van der Waals surface area contributed by atoms with Gasteiger partial charge in [0, 0.05) is 19.0 Å². The molecule has 0 saturated carbocycles. The van der Waals surface area contributed by atoms with Gasteiger partial charge in [0.1, 0.15) is 0 Å². The van der Waals surface area contributed by atoms with Gasteiger partial charge in [-0.15, -0.1) is 0 Å². The van der Waals surface area contributed by atoms with Crippen molar-refractivity contribution in [1.82, 2.24) is 5.01 Å². The van der Waals surface area contributed by atoms with Crippen LogP contribution < -0.4 is 11.6 Å². The van der Waals surface area contributed by atoms with Crippen molar-refractivity contribution in [2.24, 2.45) is 11.6 Å². The molecule has 0 aromatic heterocycles. The molecule has 0 aromatic carbocycles. The number of rotatable bonds is 4. The molecule has 0 heterocycles. The Bertz CT molecular complexity index is 134. The molecule has 0 radical (unpaired) electrons. The highest BCUT2D eigenvalue weighted by atomic mass is 16.3. The van der Waals surface area contributed by atoms with Crippen LogP contribution in [-0.4, -0.2) is 22.3 Å². The molecule has 0 saturated heterocycles. The largest absolute Gasteiger partial charge is 0.403 e. The van der Waals surface area contributed by atoms with Crippen molar-refractivity contribution in [3.8, 4) is 0 Å². The maximum atomic E-state index is 8.68. The van der Waals surface area contributed by atoms with Gasteiger partial charge in [-0.05, 0) is 20.3 Å². The maximum Gasteiger partial charge on any atom is 0.0520 e. The standard InChI is InChI=1S/C7H17N3O/c1-7(2,3-6-11)10(9)5-4-8/h4-5,11H,3,6,8-9H2,1-2H3/b5-4-. The van der Waals surface area contributed by atoms with E-state index in [4.69, 9.17) is 16.7 Å². The quantitative estimate of drug-likeness (QED) is 0.390. The Morgan fingerprint density at radius 1 is 1.55 bits per heavy atom. The van der Waals surface area contributed by atoms with Gasteiger partial charge in [-0.2, -0.15) is 0 Å². The van der Waals surface area contributed by atoms with Crippen LogP contribution in [0.3, 0.4) is 0 Å². The number of aliphatic hydroxyl groups is 1. The summed E-state index contributed by atoms with van der Waals surface area (Å²) < 4.78 is 0. The smallest absolute Gasteiger partial charge is 0.0520 e. The third-order valence-corrected chi connectivity index (χ3v) is 1.67. The highest BCUT2D eigenvalue weighted by Crippen LogP contribution is 2.14. The fourth-order valence-corrected chi connectivity index (χ4v) is 0.697. The van der Waals surface area contributed by atoms with Crippen molar-refractivity contribution in [1.29, 1.82) is 0 Å². The zero-order valence-corrected chi connectivity index (χ0v) is 7.12. The summed E-state index contributed by atoms with van der Waals surface area (Å²) in [5, 5.41) is 10.2. The summed E-state index contributed by atoms with van der Waals surface area (Å²) in [5.74, 6) is 5.60. The first-order chi connectivity index (χ1) is 5.04. The molecular weight excluding hydrogens is 142 g/mol. The van der Waals surface area contributed by atoms with E-state index >= 15 is 0 Å². The van der Waals surface area contributed by atoms with Gasteiger partial charge in [-0.25, -0.2) is 5.84 Å². The molecule has 11 heavy (non-hydrogen) atoms. The second-order valence-electron chi connectivity index (χ2n) is 3.03. The average Bonchev–Trinajstić information content (AvgIpc) is 1.88. The SMILES string of the molecule is CC(C)(CCO)N(N)/C=C\N. The van der Waals surface area contributed by atoms with E-state index in [2.05, 4.69) is 0 Å². The van der Waals surface area contributed by atoms with Crippen molar-refractivity contribution in [3.63, 3.8) is 0 Å². The van der Waals surface area contributed by atoms with Crippen LogP contribution in [-0.2, 0) is 0 Å². The minimum Gasteiger partial charge on any atom is -0.403 e. The van der Waals surface area contributed by atoms with Crippen LogP contribution in [0.25, 0.3) is 0 Å². The summed E-state index contributed by atoms with van der Waals surface area (Å²) >= 11 is 0. The lowest BCUT2D eigenvalue weighted by molar-refractivity contribution is 0.137. The predicted octanol–water partition coefficient (Wildman–Crippen LogP) is -0.247. The molecule has 4 nitrogen and oxygen atoms in total. The molecule has 4 heteroatoms. The van der Waals surface area contributed by atoms with Gasteiger partial charge in [-0.1, -0.05) is 0 Å². The molecule has 5 N–H and O–H groups in total. The van der Waals surface area contributed by atoms with Crippen molar-refractivity contribution in [2.45, 2.75) is 25.8 Å². The van der Waals surface area contributed by atoms with E-state index in [1.54, 1.807) is 6.20 Å². The molecule has 0 bridgehead atoms. The number of nitrogens with zero attached hydrogens (tertiary/aromatic N) is 1. The minimum absolute atomic E-state index is 0.124. The first kappa shape index (κ1) is 10.3. The highest BCUT2D eigenvalue weighted by molar-refractivity contribution is 4.86. The number of aliphatic hydroxyl groups excluding tert-OH is 1. The zero-order chi connectivity index (χ0) is 8.91. The first-order valence-corrected chi connectivity index (χ1v) is 3.58. The van der Waals surface area contributed by atoms with Crippen LogP contribution in [0.4, 0.5) is 0 Å². The maximum absolute atomic E-state index is 8.68.